The average molecular weight is 1030 g/mol. The van der Waals surface area contributed by atoms with Gasteiger partial charge < -0.3 is 9.80 Å². The molecule has 0 fully saturated rings. The van der Waals surface area contributed by atoms with E-state index in [4.69, 9.17) is 0 Å². The number of hydrogen-bond donors (Lipinski definition) is 0. The standard InChI is InChI=1S/C76H75BN2/c1-71(2,3)48-33-38-64-62(41-48)77-63-44-60-61(74(9,10)40-39-73(60,7)8)45-65(63)79(51-36-31-47(32-37-51)53-24-20-26-57-55-22-16-18-28-59(55)76(13,14)69(53)57)67-43-49(72(4,5)6)42-66(70(67)77)78(64)50-34-29-46(30-35-50)52-23-19-25-56-54-21-15-17-27-58(54)75(11,12)68(52)56/h15-38,41-45H,39-40H2,1-14H3. The van der Waals surface area contributed by atoms with Gasteiger partial charge in [0, 0.05) is 45.0 Å². The molecule has 9 aromatic carbocycles. The van der Waals surface area contributed by atoms with E-state index in [1.807, 2.05) is 0 Å². The van der Waals surface area contributed by atoms with Gasteiger partial charge in [-0.3, -0.25) is 0 Å². The van der Waals surface area contributed by atoms with Crippen LogP contribution in [0.1, 0.15) is 154 Å². The monoisotopic (exact) mass is 1030 g/mol. The Balaban J connectivity index is 1.00. The van der Waals surface area contributed by atoms with E-state index < -0.39 is 0 Å². The summed E-state index contributed by atoms with van der Waals surface area (Å²) >= 11 is 0. The van der Waals surface area contributed by atoms with E-state index in [0.717, 1.165) is 12.8 Å². The van der Waals surface area contributed by atoms with E-state index >= 15 is 0 Å². The van der Waals surface area contributed by atoms with E-state index in [9.17, 15) is 0 Å². The molecule has 2 heterocycles. The van der Waals surface area contributed by atoms with Gasteiger partial charge in [0.2, 0.25) is 0 Å². The lowest BCUT2D eigenvalue weighted by molar-refractivity contribution is 0.332. The first-order valence-corrected chi connectivity index (χ1v) is 29.2. The second-order valence-electron chi connectivity index (χ2n) is 28.4. The molecule has 0 saturated carbocycles. The Morgan fingerprint density at radius 2 is 0.772 bits per heavy atom. The summed E-state index contributed by atoms with van der Waals surface area (Å²) in [5.74, 6) is 0. The van der Waals surface area contributed by atoms with Gasteiger partial charge in [-0.05, 0) is 188 Å². The second-order valence-corrected chi connectivity index (χ2v) is 28.4. The summed E-state index contributed by atoms with van der Waals surface area (Å²) in [7, 11) is 0. The zero-order chi connectivity index (χ0) is 55.1. The Bertz CT molecular complexity index is 4040. The lowest BCUT2D eigenvalue weighted by atomic mass is 9.32. The number of nitrogens with zero attached hydrogens (tertiary/aromatic N) is 2. The normalized spacial score (nSPS) is 17.2. The molecule has 0 radical (unpaired) electrons. The van der Waals surface area contributed by atoms with Crippen molar-refractivity contribution < 1.29 is 0 Å². The predicted molar refractivity (Wildman–Crippen MR) is 339 cm³/mol. The fraction of sp³-hybridized carbons (Fsp3) is 0.289. The Morgan fingerprint density at radius 1 is 0.354 bits per heavy atom. The van der Waals surface area contributed by atoms with Crippen molar-refractivity contribution in [3.63, 3.8) is 0 Å². The van der Waals surface area contributed by atoms with Crippen molar-refractivity contribution in [2.45, 2.75) is 142 Å². The van der Waals surface area contributed by atoms with Crippen LogP contribution in [0.25, 0.3) is 44.5 Å². The van der Waals surface area contributed by atoms with Crippen LogP contribution in [0.3, 0.4) is 0 Å². The molecule has 2 aliphatic heterocycles. The third-order valence-corrected chi connectivity index (χ3v) is 19.8. The van der Waals surface area contributed by atoms with E-state index in [-0.39, 0.29) is 39.2 Å². The topological polar surface area (TPSA) is 6.48 Å². The first-order chi connectivity index (χ1) is 37.4. The summed E-state index contributed by atoms with van der Waals surface area (Å²) in [5.41, 5.74) is 33.1. The smallest absolute Gasteiger partial charge is 0.252 e. The number of rotatable bonds is 4. The summed E-state index contributed by atoms with van der Waals surface area (Å²) in [6.45, 7) is 33.8. The summed E-state index contributed by atoms with van der Waals surface area (Å²) < 4.78 is 0. The molecule has 0 bridgehead atoms. The maximum atomic E-state index is 2.69. The Kier molecular flexibility index (Phi) is 10.5. The fourth-order valence-electron chi connectivity index (χ4n) is 15.3. The van der Waals surface area contributed by atoms with Gasteiger partial charge in [0.15, 0.2) is 0 Å². The minimum atomic E-state index is -0.138. The van der Waals surface area contributed by atoms with E-state index in [1.54, 1.807) is 0 Å². The summed E-state index contributed by atoms with van der Waals surface area (Å²) in [6, 6.07) is 69.0. The van der Waals surface area contributed by atoms with Gasteiger partial charge in [0.1, 0.15) is 0 Å². The van der Waals surface area contributed by atoms with Crippen LogP contribution in [0.15, 0.2) is 176 Å². The van der Waals surface area contributed by atoms with Crippen molar-refractivity contribution >= 4 is 57.2 Å². The Hall–Kier alpha value is -7.36. The SMILES string of the molecule is CC(C)(C)c1ccc2c(c1)B1c3cc4c(cc3N(c3ccc(-c5cccc6c5C(C)(C)c5ccccc5-6)cc3)c3cc(C(C)(C)C)cc(c31)N2c1ccc(-c2cccc3c2C(C)(C)c2ccccc2-3)cc1)C(C)(C)CCC4(C)C. The molecule has 2 nitrogen and oxygen atoms in total. The van der Waals surface area contributed by atoms with E-state index in [2.05, 4.69) is 283 Å². The molecular weight excluding hydrogens is 952 g/mol. The number of fused-ring (bicyclic) bond motifs is 11. The van der Waals surface area contributed by atoms with Crippen LogP contribution in [0.2, 0.25) is 0 Å². The number of hydrogen-bond acceptors (Lipinski definition) is 2. The van der Waals surface area contributed by atoms with Crippen LogP contribution in [-0.2, 0) is 32.5 Å². The lowest BCUT2D eigenvalue weighted by Crippen LogP contribution is -2.62. The molecule has 0 spiro atoms. The van der Waals surface area contributed by atoms with Crippen LogP contribution in [0.5, 0.6) is 0 Å². The average Bonchev–Trinajstić information content (AvgIpc) is 3.64. The Morgan fingerprint density at radius 3 is 1.25 bits per heavy atom. The van der Waals surface area contributed by atoms with E-state index in [0.29, 0.717) is 0 Å². The molecule has 0 amide bonds. The van der Waals surface area contributed by atoms with Gasteiger partial charge in [0.05, 0.1) is 0 Å². The highest BCUT2D eigenvalue weighted by molar-refractivity contribution is 7.00. The van der Waals surface area contributed by atoms with Crippen LogP contribution in [0, 0.1) is 0 Å². The largest absolute Gasteiger partial charge is 0.311 e. The molecule has 0 atom stereocenters. The van der Waals surface area contributed by atoms with Gasteiger partial charge >= 0.3 is 0 Å². The zero-order valence-corrected chi connectivity index (χ0v) is 49.1. The molecule has 0 aromatic heterocycles. The fourth-order valence-corrected chi connectivity index (χ4v) is 15.3. The van der Waals surface area contributed by atoms with Gasteiger partial charge in [-0.15, -0.1) is 0 Å². The first-order valence-electron chi connectivity index (χ1n) is 29.2. The maximum Gasteiger partial charge on any atom is 0.252 e. The molecule has 79 heavy (non-hydrogen) atoms. The maximum absolute atomic E-state index is 2.69. The molecule has 5 aliphatic rings. The molecular formula is C76H75BN2. The highest BCUT2D eigenvalue weighted by Gasteiger charge is 2.48. The minimum Gasteiger partial charge on any atom is -0.311 e. The molecule has 14 rings (SSSR count). The summed E-state index contributed by atoms with van der Waals surface area (Å²) in [5, 5.41) is 0. The zero-order valence-electron chi connectivity index (χ0n) is 49.1. The summed E-state index contributed by atoms with van der Waals surface area (Å²) in [6.07, 6.45) is 2.32. The van der Waals surface area contributed by atoms with Gasteiger partial charge in [0.25, 0.3) is 6.71 Å². The molecule has 3 heteroatoms. The Labute approximate surface area is 471 Å². The second kappa shape index (κ2) is 16.6. The van der Waals surface area contributed by atoms with Gasteiger partial charge in [-0.1, -0.05) is 224 Å². The highest BCUT2D eigenvalue weighted by Crippen LogP contribution is 2.56. The molecule has 9 aromatic rings. The summed E-state index contributed by atoms with van der Waals surface area (Å²) in [4.78, 5) is 5.30. The molecule has 392 valence electrons. The first kappa shape index (κ1) is 49.9. The quantitative estimate of drug-likeness (QED) is 0.162. The molecule has 0 saturated heterocycles. The molecule has 0 N–H and O–H groups in total. The van der Waals surface area contributed by atoms with Crippen molar-refractivity contribution in [2.24, 2.45) is 0 Å². The number of anilines is 6. The lowest BCUT2D eigenvalue weighted by Gasteiger charge is -2.48. The van der Waals surface area contributed by atoms with Crippen LogP contribution < -0.4 is 26.2 Å². The highest BCUT2D eigenvalue weighted by atomic mass is 15.2. The van der Waals surface area contributed by atoms with Crippen LogP contribution in [-0.4, -0.2) is 6.71 Å². The van der Waals surface area contributed by atoms with Crippen molar-refractivity contribution in [1.82, 2.24) is 0 Å². The molecule has 0 unspecified atom stereocenters. The minimum absolute atomic E-state index is 0.00930. The third-order valence-electron chi connectivity index (χ3n) is 19.8. The van der Waals surface area contributed by atoms with Crippen molar-refractivity contribution in [3.8, 4) is 44.5 Å². The van der Waals surface area contributed by atoms with Crippen molar-refractivity contribution in [2.75, 3.05) is 9.80 Å². The van der Waals surface area contributed by atoms with Crippen LogP contribution in [0.4, 0.5) is 34.1 Å². The van der Waals surface area contributed by atoms with Crippen molar-refractivity contribution in [1.29, 1.82) is 0 Å². The predicted octanol–water partition coefficient (Wildman–Crippen LogP) is 18.7. The number of benzene rings is 9. The van der Waals surface area contributed by atoms with E-state index in [1.165, 1.54) is 140 Å². The van der Waals surface area contributed by atoms with Crippen LogP contribution >= 0.6 is 0 Å². The van der Waals surface area contributed by atoms with Gasteiger partial charge in [-0.2, -0.15) is 0 Å². The third kappa shape index (κ3) is 7.23. The van der Waals surface area contributed by atoms with Crippen molar-refractivity contribution in [3.05, 3.63) is 220 Å². The molecule has 3 aliphatic carbocycles. The van der Waals surface area contributed by atoms with Gasteiger partial charge in [-0.25, -0.2) is 0 Å².